The zero-order valence-electron chi connectivity index (χ0n) is 14.0. The molecule has 1 aromatic heterocycles. The summed E-state index contributed by atoms with van der Waals surface area (Å²) in [6, 6.07) is 11.4. The zero-order valence-corrected chi connectivity index (χ0v) is 14.0. The first kappa shape index (κ1) is 17.7. The predicted molar refractivity (Wildman–Crippen MR) is 91.7 cm³/mol. The van der Waals surface area contributed by atoms with E-state index in [-0.39, 0.29) is 18.9 Å². The van der Waals surface area contributed by atoms with Crippen LogP contribution in [-0.2, 0) is 22.4 Å². The molecule has 0 saturated heterocycles. The van der Waals surface area contributed by atoms with Crippen molar-refractivity contribution in [3.05, 3.63) is 65.0 Å². The molecule has 0 spiro atoms. The van der Waals surface area contributed by atoms with Crippen molar-refractivity contribution in [2.75, 3.05) is 6.54 Å². The number of carbonyl (C=O) groups is 2. The Balaban J connectivity index is 1.90. The first-order chi connectivity index (χ1) is 11.4. The number of pyridine rings is 1. The summed E-state index contributed by atoms with van der Waals surface area (Å²) in [5.74, 6) is -1.75. The van der Waals surface area contributed by atoms with Gasteiger partial charge in [0, 0.05) is 18.4 Å². The van der Waals surface area contributed by atoms with Gasteiger partial charge in [-0.2, -0.15) is 0 Å². The molecule has 5 nitrogen and oxygen atoms in total. The number of aromatic nitrogens is 1. The van der Waals surface area contributed by atoms with Crippen LogP contribution >= 0.6 is 0 Å². The molecule has 126 valence electrons. The average Bonchev–Trinajstić information content (AvgIpc) is 2.53. The van der Waals surface area contributed by atoms with Crippen molar-refractivity contribution in [3.63, 3.8) is 0 Å². The third kappa shape index (κ3) is 5.50. The van der Waals surface area contributed by atoms with E-state index in [9.17, 15) is 14.7 Å². The van der Waals surface area contributed by atoms with E-state index >= 15 is 0 Å². The number of nitrogens with zero attached hydrogens (tertiary/aromatic N) is 1. The number of benzene rings is 1. The first-order valence-corrected chi connectivity index (χ1v) is 7.90. The lowest BCUT2D eigenvalue weighted by atomic mass is 9.98. The zero-order chi connectivity index (χ0) is 17.5. The quantitative estimate of drug-likeness (QED) is 0.818. The normalized spacial score (nSPS) is 11.8. The van der Waals surface area contributed by atoms with Crippen molar-refractivity contribution < 1.29 is 14.7 Å². The van der Waals surface area contributed by atoms with Gasteiger partial charge in [-0.1, -0.05) is 35.9 Å². The van der Waals surface area contributed by atoms with Crippen LogP contribution in [0.2, 0.25) is 0 Å². The van der Waals surface area contributed by atoms with Crippen LogP contribution in [0.3, 0.4) is 0 Å². The number of carboxylic acid groups (broad SMARTS) is 1. The van der Waals surface area contributed by atoms with Crippen LogP contribution in [0.4, 0.5) is 0 Å². The summed E-state index contributed by atoms with van der Waals surface area (Å²) < 4.78 is 0. The van der Waals surface area contributed by atoms with Gasteiger partial charge in [0.05, 0.1) is 12.3 Å². The molecule has 0 radical (unpaired) electrons. The predicted octanol–water partition coefficient (Wildman–Crippen LogP) is 2.30. The Morgan fingerprint density at radius 3 is 2.58 bits per heavy atom. The van der Waals surface area contributed by atoms with E-state index in [0.717, 1.165) is 22.4 Å². The van der Waals surface area contributed by atoms with E-state index < -0.39 is 11.9 Å². The molecule has 2 N–H and O–H groups in total. The molecule has 2 aromatic rings. The molecule has 0 saturated carbocycles. The third-order valence-electron chi connectivity index (χ3n) is 3.80. The molecular formula is C19H22N2O3. The monoisotopic (exact) mass is 326 g/mol. The van der Waals surface area contributed by atoms with Crippen molar-refractivity contribution in [2.24, 2.45) is 5.92 Å². The molecule has 1 amide bonds. The van der Waals surface area contributed by atoms with Crippen molar-refractivity contribution in [3.8, 4) is 0 Å². The highest BCUT2D eigenvalue weighted by Crippen LogP contribution is 2.11. The Morgan fingerprint density at radius 2 is 1.96 bits per heavy atom. The number of hydrogen-bond acceptors (Lipinski definition) is 3. The summed E-state index contributed by atoms with van der Waals surface area (Å²) in [4.78, 5) is 27.6. The summed E-state index contributed by atoms with van der Waals surface area (Å²) in [5, 5.41) is 12.1. The van der Waals surface area contributed by atoms with Crippen LogP contribution in [0.1, 0.15) is 22.4 Å². The van der Waals surface area contributed by atoms with Gasteiger partial charge in [0.25, 0.3) is 0 Å². The van der Waals surface area contributed by atoms with Crippen molar-refractivity contribution in [1.82, 2.24) is 10.3 Å². The molecule has 24 heavy (non-hydrogen) atoms. The molecule has 0 fully saturated rings. The number of aryl methyl sites for hydroxylation is 2. The maximum absolute atomic E-state index is 12.0. The van der Waals surface area contributed by atoms with Crippen LogP contribution in [-0.4, -0.2) is 28.5 Å². The maximum atomic E-state index is 12.0. The summed E-state index contributed by atoms with van der Waals surface area (Å²) in [7, 11) is 0. The standard InChI is InChI=1S/C19H22N2O3/c1-13-4-3-5-15(8-13)9-17(19(23)24)12-21-18(22)10-16-7-6-14(2)20-11-16/h3-8,11,17H,9-10,12H2,1-2H3,(H,21,22)(H,23,24). The van der Waals surface area contributed by atoms with E-state index in [1.807, 2.05) is 50.2 Å². The molecule has 5 heteroatoms. The van der Waals surface area contributed by atoms with Crippen LogP contribution in [0.5, 0.6) is 0 Å². The van der Waals surface area contributed by atoms with Crippen LogP contribution in [0.15, 0.2) is 42.6 Å². The molecule has 1 heterocycles. The van der Waals surface area contributed by atoms with Gasteiger partial charge in [0.15, 0.2) is 0 Å². The number of nitrogens with one attached hydrogen (secondary N) is 1. The van der Waals surface area contributed by atoms with Gasteiger partial charge in [-0.25, -0.2) is 0 Å². The van der Waals surface area contributed by atoms with Gasteiger partial charge in [0.1, 0.15) is 0 Å². The Labute approximate surface area is 141 Å². The second-order valence-corrected chi connectivity index (χ2v) is 6.02. The molecule has 1 aromatic carbocycles. The largest absolute Gasteiger partial charge is 0.481 e. The van der Waals surface area contributed by atoms with E-state index in [0.29, 0.717) is 6.42 Å². The third-order valence-corrected chi connectivity index (χ3v) is 3.80. The van der Waals surface area contributed by atoms with Gasteiger partial charge < -0.3 is 10.4 Å². The lowest BCUT2D eigenvalue weighted by molar-refractivity contribution is -0.141. The minimum atomic E-state index is -0.909. The van der Waals surface area contributed by atoms with Gasteiger partial charge in [-0.3, -0.25) is 14.6 Å². The minimum Gasteiger partial charge on any atom is -0.481 e. The van der Waals surface area contributed by atoms with Crippen LogP contribution in [0, 0.1) is 19.8 Å². The van der Waals surface area contributed by atoms with E-state index in [1.165, 1.54) is 0 Å². The van der Waals surface area contributed by atoms with Crippen molar-refractivity contribution in [2.45, 2.75) is 26.7 Å². The molecular weight excluding hydrogens is 304 g/mol. The lowest BCUT2D eigenvalue weighted by Gasteiger charge is -2.14. The summed E-state index contributed by atoms with van der Waals surface area (Å²) >= 11 is 0. The highest BCUT2D eigenvalue weighted by atomic mass is 16.4. The SMILES string of the molecule is Cc1cccc(CC(CNC(=O)Cc2ccc(C)nc2)C(=O)O)c1. The van der Waals surface area contributed by atoms with Crippen molar-refractivity contribution in [1.29, 1.82) is 0 Å². The first-order valence-electron chi connectivity index (χ1n) is 7.90. The Hall–Kier alpha value is -2.69. The number of carbonyl (C=O) groups excluding carboxylic acids is 1. The number of rotatable bonds is 7. The molecule has 1 atom stereocenters. The Kier molecular flexibility index (Phi) is 6.07. The van der Waals surface area contributed by atoms with Crippen LogP contribution in [0.25, 0.3) is 0 Å². The fraction of sp³-hybridized carbons (Fsp3) is 0.316. The topological polar surface area (TPSA) is 79.3 Å². The van der Waals surface area contributed by atoms with Gasteiger partial charge >= 0.3 is 5.97 Å². The van der Waals surface area contributed by atoms with E-state index in [2.05, 4.69) is 10.3 Å². The highest BCUT2D eigenvalue weighted by molar-refractivity contribution is 5.79. The molecule has 0 aliphatic carbocycles. The Morgan fingerprint density at radius 1 is 1.17 bits per heavy atom. The summed E-state index contributed by atoms with van der Waals surface area (Å²) in [5.41, 5.74) is 3.75. The smallest absolute Gasteiger partial charge is 0.308 e. The van der Waals surface area contributed by atoms with Gasteiger partial charge in [-0.05, 0) is 37.5 Å². The van der Waals surface area contributed by atoms with Crippen molar-refractivity contribution >= 4 is 11.9 Å². The van der Waals surface area contributed by atoms with E-state index in [1.54, 1.807) is 6.20 Å². The second-order valence-electron chi connectivity index (χ2n) is 6.02. The summed E-state index contributed by atoms with van der Waals surface area (Å²) in [6.45, 7) is 3.96. The van der Waals surface area contributed by atoms with E-state index in [4.69, 9.17) is 0 Å². The summed E-state index contributed by atoms with van der Waals surface area (Å²) in [6.07, 6.45) is 2.25. The lowest BCUT2D eigenvalue weighted by Crippen LogP contribution is -2.34. The van der Waals surface area contributed by atoms with Crippen LogP contribution < -0.4 is 5.32 Å². The molecule has 0 aliphatic rings. The second kappa shape index (κ2) is 8.24. The highest BCUT2D eigenvalue weighted by Gasteiger charge is 2.19. The number of aliphatic carboxylic acids is 1. The molecule has 2 rings (SSSR count). The van der Waals surface area contributed by atoms with Gasteiger partial charge in [0.2, 0.25) is 5.91 Å². The molecule has 0 aliphatic heterocycles. The minimum absolute atomic E-state index is 0.112. The maximum Gasteiger partial charge on any atom is 0.308 e. The average molecular weight is 326 g/mol. The fourth-order valence-electron chi connectivity index (χ4n) is 2.46. The number of carboxylic acids is 1. The molecule has 1 unspecified atom stereocenters. The fourth-order valence-corrected chi connectivity index (χ4v) is 2.46. The Bertz CT molecular complexity index is 711. The number of amides is 1. The molecule has 0 bridgehead atoms. The van der Waals surface area contributed by atoms with Gasteiger partial charge in [-0.15, -0.1) is 0 Å². The number of hydrogen-bond donors (Lipinski definition) is 2.